The van der Waals surface area contributed by atoms with Crippen molar-refractivity contribution in [3.05, 3.63) is 88.5 Å². The molecule has 0 unspecified atom stereocenters. The molecule has 1 aliphatic heterocycles. The number of hydrogen-bond donors (Lipinski definition) is 1. The van der Waals surface area contributed by atoms with Gasteiger partial charge in [0.15, 0.2) is 6.61 Å². The van der Waals surface area contributed by atoms with Gasteiger partial charge in [-0.2, -0.15) is 13.2 Å². The van der Waals surface area contributed by atoms with E-state index in [4.69, 9.17) is 14.6 Å². The van der Waals surface area contributed by atoms with E-state index in [9.17, 15) is 22.8 Å². The van der Waals surface area contributed by atoms with Crippen LogP contribution in [-0.4, -0.2) is 30.2 Å². The number of carboxylic acids is 1. The molecule has 1 N–H and O–H groups in total. The maximum Gasteiger partial charge on any atom is 0.416 e. The fourth-order valence-electron chi connectivity index (χ4n) is 3.90. The van der Waals surface area contributed by atoms with Crippen LogP contribution in [0.2, 0.25) is 0 Å². The Morgan fingerprint density at radius 1 is 1.06 bits per heavy atom. The van der Waals surface area contributed by atoms with Crippen LogP contribution in [0.1, 0.15) is 32.6 Å². The highest BCUT2D eigenvalue weighted by atomic mass is 19.4. The van der Waals surface area contributed by atoms with Gasteiger partial charge in [0.05, 0.1) is 18.7 Å². The number of nitrogens with zero attached hydrogens (tertiary/aromatic N) is 1. The average molecular weight is 485 g/mol. The number of ether oxygens (including phenoxy) is 2. The fraction of sp³-hybridized carbons (Fsp3) is 0.231. The number of carbonyl (C=O) groups excluding carboxylic acids is 1. The molecule has 35 heavy (non-hydrogen) atoms. The van der Waals surface area contributed by atoms with E-state index in [1.165, 1.54) is 17.0 Å². The standard InChI is InChI=1S/C26H22F3NO5/c1-16-5-10-20(35-15-24(31)32)13-17(16)11-12-34-23-4-2-3-21-22(23)14-30(25(21)33)19-8-6-18(7-9-19)26(27,28)29/h2-10,13H,11-12,14-15H2,1H3,(H,31,32). The van der Waals surface area contributed by atoms with Crippen LogP contribution in [0.25, 0.3) is 0 Å². The molecule has 0 fully saturated rings. The molecule has 6 nitrogen and oxygen atoms in total. The van der Waals surface area contributed by atoms with E-state index in [1.807, 2.05) is 13.0 Å². The Bertz CT molecular complexity index is 1250. The lowest BCUT2D eigenvalue weighted by atomic mass is 10.1. The Balaban J connectivity index is 1.45. The number of alkyl halides is 3. The maximum absolute atomic E-state index is 12.9. The van der Waals surface area contributed by atoms with Crippen molar-refractivity contribution in [3.63, 3.8) is 0 Å². The number of anilines is 1. The smallest absolute Gasteiger partial charge is 0.416 e. The number of halogens is 3. The van der Waals surface area contributed by atoms with Crippen LogP contribution in [0.3, 0.4) is 0 Å². The van der Waals surface area contributed by atoms with Crippen LogP contribution in [-0.2, 0) is 23.9 Å². The van der Waals surface area contributed by atoms with Gasteiger partial charge in [-0.3, -0.25) is 4.79 Å². The lowest BCUT2D eigenvalue weighted by Crippen LogP contribution is -2.23. The van der Waals surface area contributed by atoms with Gasteiger partial charge >= 0.3 is 12.1 Å². The molecule has 1 amide bonds. The van der Waals surface area contributed by atoms with E-state index in [0.717, 1.165) is 23.3 Å². The summed E-state index contributed by atoms with van der Waals surface area (Å²) in [5.41, 5.74) is 2.65. The zero-order valence-corrected chi connectivity index (χ0v) is 18.8. The first kappa shape index (κ1) is 24.1. The molecule has 3 aromatic carbocycles. The quantitative estimate of drug-likeness (QED) is 0.471. The predicted molar refractivity (Wildman–Crippen MR) is 122 cm³/mol. The minimum atomic E-state index is -4.45. The van der Waals surface area contributed by atoms with E-state index in [2.05, 4.69) is 0 Å². The fourth-order valence-corrected chi connectivity index (χ4v) is 3.90. The van der Waals surface area contributed by atoms with Crippen LogP contribution in [0, 0.1) is 6.92 Å². The summed E-state index contributed by atoms with van der Waals surface area (Å²) in [6, 6.07) is 14.9. The Morgan fingerprint density at radius 3 is 2.49 bits per heavy atom. The predicted octanol–water partition coefficient (Wildman–Crippen LogP) is 5.26. The highest BCUT2D eigenvalue weighted by molar-refractivity contribution is 6.10. The number of hydrogen-bond acceptors (Lipinski definition) is 4. The van der Waals surface area contributed by atoms with Crippen molar-refractivity contribution < 1.29 is 37.3 Å². The molecule has 0 saturated heterocycles. The van der Waals surface area contributed by atoms with Gasteiger partial charge in [-0.05, 0) is 66.6 Å². The molecule has 3 aromatic rings. The minimum absolute atomic E-state index is 0.188. The van der Waals surface area contributed by atoms with Crippen LogP contribution in [0.4, 0.5) is 18.9 Å². The molecule has 0 spiro atoms. The first-order valence-electron chi connectivity index (χ1n) is 10.8. The minimum Gasteiger partial charge on any atom is -0.493 e. The van der Waals surface area contributed by atoms with Crippen molar-refractivity contribution in [2.75, 3.05) is 18.1 Å². The second-order valence-electron chi connectivity index (χ2n) is 8.09. The number of rotatable bonds is 8. The SMILES string of the molecule is Cc1ccc(OCC(=O)O)cc1CCOc1cccc2c1CN(c1ccc(C(F)(F)F)cc1)C2=O. The van der Waals surface area contributed by atoms with Gasteiger partial charge in [0, 0.05) is 23.2 Å². The summed E-state index contributed by atoms with van der Waals surface area (Å²) in [6.07, 6.45) is -3.92. The molecule has 1 aliphatic rings. The molecular weight excluding hydrogens is 463 g/mol. The van der Waals surface area contributed by atoms with Gasteiger partial charge < -0.3 is 19.5 Å². The summed E-state index contributed by atoms with van der Waals surface area (Å²) in [7, 11) is 0. The number of carboxylic acid groups (broad SMARTS) is 1. The van der Waals surface area contributed by atoms with Crippen molar-refractivity contribution in [2.24, 2.45) is 0 Å². The van der Waals surface area contributed by atoms with E-state index < -0.39 is 24.3 Å². The molecular formula is C26H22F3NO5. The van der Waals surface area contributed by atoms with Crippen molar-refractivity contribution in [1.29, 1.82) is 0 Å². The van der Waals surface area contributed by atoms with Crippen LogP contribution in [0.15, 0.2) is 60.7 Å². The highest BCUT2D eigenvalue weighted by Crippen LogP contribution is 2.36. The lowest BCUT2D eigenvalue weighted by molar-refractivity contribution is -0.139. The van der Waals surface area contributed by atoms with Gasteiger partial charge in [-0.25, -0.2) is 4.79 Å². The van der Waals surface area contributed by atoms with Crippen molar-refractivity contribution in [2.45, 2.75) is 26.1 Å². The second kappa shape index (κ2) is 9.69. The Hall–Kier alpha value is -4.01. The number of fused-ring (bicyclic) bond motifs is 1. The molecule has 0 aromatic heterocycles. The van der Waals surface area contributed by atoms with E-state index in [0.29, 0.717) is 41.3 Å². The Labute approximate surface area is 199 Å². The lowest BCUT2D eigenvalue weighted by Gasteiger charge is -2.17. The number of aliphatic carboxylic acids is 1. The summed E-state index contributed by atoms with van der Waals surface area (Å²) in [6.45, 7) is 1.98. The first-order valence-corrected chi connectivity index (χ1v) is 10.8. The monoisotopic (exact) mass is 485 g/mol. The summed E-state index contributed by atoms with van der Waals surface area (Å²) < 4.78 is 49.8. The van der Waals surface area contributed by atoms with Crippen LogP contribution in [0.5, 0.6) is 11.5 Å². The second-order valence-corrected chi connectivity index (χ2v) is 8.09. The zero-order valence-electron chi connectivity index (χ0n) is 18.8. The largest absolute Gasteiger partial charge is 0.493 e. The third kappa shape index (κ3) is 5.40. The highest BCUT2D eigenvalue weighted by Gasteiger charge is 2.33. The van der Waals surface area contributed by atoms with E-state index in [1.54, 1.807) is 30.3 Å². The van der Waals surface area contributed by atoms with Gasteiger partial charge in [0.1, 0.15) is 11.5 Å². The van der Waals surface area contributed by atoms with Gasteiger partial charge in [0.2, 0.25) is 0 Å². The molecule has 0 saturated carbocycles. The van der Waals surface area contributed by atoms with Crippen molar-refractivity contribution in [1.82, 2.24) is 0 Å². The van der Waals surface area contributed by atoms with Gasteiger partial charge in [-0.1, -0.05) is 12.1 Å². The summed E-state index contributed by atoms with van der Waals surface area (Å²) in [5, 5.41) is 8.78. The normalized spacial score (nSPS) is 13.0. The van der Waals surface area contributed by atoms with Gasteiger partial charge in [0.25, 0.3) is 5.91 Å². The molecule has 4 rings (SSSR count). The third-order valence-electron chi connectivity index (χ3n) is 5.74. The maximum atomic E-state index is 12.9. The van der Waals surface area contributed by atoms with Crippen LogP contribution < -0.4 is 14.4 Å². The van der Waals surface area contributed by atoms with E-state index in [-0.39, 0.29) is 12.5 Å². The third-order valence-corrected chi connectivity index (χ3v) is 5.74. The molecule has 0 atom stereocenters. The molecule has 0 aliphatic carbocycles. The number of amides is 1. The van der Waals surface area contributed by atoms with Gasteiger partial charge in [-0.15, -0.1) is 0 Å². The van der Waals surface area contributed by atoms with Crippen molar-refractivity contribution >= 4 is 17.6 Å². The number of aryl methyl sites for hydroxylation is 1. The molecule has 1 heterocycles. The van der Waals surface area contributed by atoms with Crippen molar-refractivity contribution in [3.8, 4) is 11.5 Å². The molecule has 182 valence electrons. The summed E-state index contributed by atoms with van der Waals surface area (Å²) in [5.74, 6) is -0.384. The number of benzene rings is 3. The molecule has 0 bridgehead atoms. The first-order chi connectivity index (χ1) is 16.6. The molecule has 0 radical (unpaired) electrons. The topological polar surface area (TPSA) is 76.1 Å². The Kier molecular flexibility index (Phi) is 6.68. The average Bonchev–Trinajstić information content (AvgIpc) is 3.16. The Morgan fingerprint density at radius 2 is 1.80 bits per heavy atom. The van der Waals surface area contributed by atoms with E-state index >= 15 is 0 Å². The zero-order chi connectivity index (χ0) is 25.2. The van der Waals surface area contributed by atoms with Crippen LogP contribution >= 0.6 is 0 Å². The summed E-state index contributed by atoms with van der Waals surface area (Å²) in [4.78, 5) is 25.1. The molecule has 9 heteroatoms. The number of carbonyl (C=O) groups is 2. The summed E-state index contributed by atoms with van der Waals surface area (Å²) >= 11 is 0.